The first kappa shape index (κ1) is 16.2. The van der Waals surface area contributed by atoms with Crippen LogP contribution in [0.3, 0.4) is 0 Å². The second-order valence-electron chi connectivity index (χ2n) is 3.33. The molecule has 0 bridgehead atoms. The van der Waals surface area contributed by atoms with Gasteiger partial charge in [-0.15, -0.1) is 6.58 Å². The van der Waals surface area contributed by atoms with Gasteiger partial charge >= 0.3 is 0 Å². The van der Waals surface area contributed by atoms with Gasteiger partial charge in [0.1, 0.15) is 6.61 Å². The Labute approximate surface area is 104 Å². The molecule has 4 heteroatoms. The van der Waals surface area contributed by atoms with Gasteiger partial charge in [-0.3, -0.25) is 0 Å². The van der Waals surface area contributed by atoms with Gasteiger partial charge in [0.2, 0.25) is 0 Å². The highest BCUT2D eigenvalue weighted by Gasteiger charge is 1.89. The van der Waals surface area contributed by atoms with Crippen LogP contribution in [0.1, 0.15) is 12.8 Å². The maximum atomic E-state index is 5.30. The van der Waals surface area contributed by atoms with E-state index in [-0.39, 0.29) is 0 Å². The number of methoxy groups -OCH3 is 1. The maximum absolute atomic E-state index is 5.30. The first-order valence-corrected chi connectivity index (χ1v) is 5.93. The van der Waals surface area contributed by atoms with E-state index in [1.807, 2.05) is 12.2 Å². The molecule has 0 unspecified atom stereocenters. The lowest BCUT2D eigenvalue weighted by Crippen LogP contribution is -2.10. The van der Waals surface area contributed by atoms with Crippen molar-refractivity contribution in [2.24, 2.45) is 0 Å². The molecule has 0 aliphatic carbocycles. The average Bonchev–Trinajstić information content (AvgIpc) is 2.35. The fourth-order valence-corrected chi connectivity index (χ4v) is 0.989. The maximum Gasteiger partial charge on any atom is 0.111 e. The molecule has 0 fully saturated rings. The molecule has 0 amide bonds. The Morgan fingerprint density at radius 2 is 1.53 bits per heavy atom. The van der Waals surface area contributed by atoms with Crippen LogP contribution >= 0.6 is 0 Å². The van der Waals surface area contributed by atoms with Crippen molar-refractivity contribution in [2.75, 3.05) is 46.8 Å². The third kappa shape index (κ3) is 15.2. The predicted octanol–water partition coefficient (Wildman–Crippen LogP) is 2.16. The zero-order valence-corrected chi connectivity index (χ0v) is 10.7. The minimum atomic E-state index is 0.572. The lowest BCUT2D eigenvalue weighted by molar-refractivity contribution is 0.0143. The van der Waals surface area contributed by atoms with Gasteiger partial charge in [0, 0.05) is 7.11 Å². The quantitative estimate of drug-likeness (QED) is 0.283. The second-order valence-corrected chi connectivity index (χ2v) is 3.33. The number of ether oxygens (including phenoxy) is 4. The normalized spacial score (nSPS) is 10.9. The molecule has 0 rings (SSSR count). The monoisotopic (exact) mass is 244 g/mol. The Morgan fingerprint density at radius 3 is 2.18 bits per heavy atom. The van der Waals surface area contributed by atoms with Crippen molar-refractivity contribution in [3.05, 3.63) is 25.0 Å². The zero-order chi connectivity index (χ0) is 12.6. The van der Waals surface area contributed by atoms with E-state index in [1.165, 1.54) is 0 Å². The molecule has 0 spiro atoms. The van der Waals surface area contributed by atoms with E-state index >= 15 is 0 Å². The van der Waals surface area contributed by atoms with Gasteiger partial charge in [-0.05, 0) is 18.9 Å². The van der Waals surface area contributed by atoms with Crippen LogP contribution in [-0.4, -0.2) is 46.8 Å². The molecule has 17 heavy (non-hydrogen) atoms. The molecule has 4 nitrogen and oxygen atoms in total. The molecule has 0 aromatic carbocycles. The summed E-state index contributed by atoms with van der Waals surface area (Å²) in [6.07, 6.45) is 7.53. The van der Waals surface area contributed by atoms with Crippen molar-refractivity contribution in [2.45, 2.75) is 12.8 Å². The molecule has 100 valence electrons. The van der Waals surface area contributed by atoms with Crippen LogP contribution in [0.15, 0.2) is 25.0 Å². The van der Waals surface area contributed by atoms with E-state index in [0.29, 0.717) is 39.6 Å². The Bertz CT molecular complexity index is 180. The van der Waals surface area contributed by atoms with Gasteiger partial charge in [0.15, 0.2) is 0 Å². The third-order valence-corrected chi connectivity index (χ3v) is 1.88. The van der Waals surface area contributed by atoms with E-state index in [9.17, 15) is 0 Å². The van der Waals surface area contributed by atoms with Gasteiger partial charge in [-0.1, -0.05) is 6.08 Å². The van der Waals surface area contributed by atoms with Gasteiger partial charge in [-0.2, -0.15) is 0 Å². The number of rotatable bonds is 13. The third-order valence-electron chi connectivity index (χ3n) is 1.88. The highest BCUT2D eigenvalue weighted by atomic mass is 16.5. The van der Waals surface area contributed by atoms with Gasteiger partial charge in [0.05, 0.1) is 39.3 Å². The standard InChI is InChI=1S/C13H24O4/c1-3-4-5-6-7-15-10-11-17-13-12-16-9-8-14-2/h3,6-7H,1,4-5,8-13H2,2H3/b7-6+. The molecule has 0 saturated carbocycles. The molecule has 0 aliphatic rings. The van der Waals surface area contributed by atoms with E-state index < -0.39 is 0 Å². The summed E-state index contributed by atoms with van der Waals surface area (Å²) in [6.45, 7) is 7.22. The fraction of sp³-hybridized carbons (Fsp3) is 0.692. The van der Waals surface area contributed by atoms with Crippen LogP contribution in [0.25, 0.3) is 0 Å². The second kappa shape index (κ2) is 15.2. The molecule has 0 aromatic rings. The summed E-state index contributed by atoms with van der Waals surface area (Å²) >= 11 is 0. The molecule has 0 heterocycles. The lowest BCUT2D eigenvalue weighted by atomic mass is 10.3. The Kier molecular flexibility index (Phi) is 14.4. The van der Waals surface area contributed by atoms with Gasteiger partial charge < -0.3 is 18.9 Å². The van der Waals surface area contributed by atoms with Crippen molar-refractivity contribution >= 4 is 0 Å². The summed E-state index contributed by atoms with van der Waals surface area (Å²) in [6, 6.07) is 0. The Hall–Kier alpha value is -0.840. The first-order chi connectivity index (χ1) is 8.41. The predicted molar refractivity (Wildman–Crippen MR) is 68.0 cm³/mol. The minimum Gasteiger partial charge on any atom is -0.499 e. The molecule has 0 aliphatic heterocycles. The number of allylic oxidation sites excluding steroid dienone is 2. The molecule has 0 radical (unpaired) electrons. The molecule has 0 N–H and O–H groups in total. The lowest BCUT2D eigenvalue weighted by Gasteiger charge is -2.05. The SMILES string of the molecule is C=CCC/C=C/OCCOCCOCCOC. The molecule has 0 aromatic heterocycles. The van der Waals surface area contributed by atoms with E-state index in [2.05, 4.69) is 6.58 Å². The summed E-state index contributed by atoms with van der Waals surface area (Å²) in [5.41, 5.74) is 0. The summed E-state index contributed by atoms with van der Waals surface area (Å²) < 4.78 is 20.6. The van der Waals surface area contributed by atoms with Crippen LogP contribution in [0.5, 0.6) is 0 Å². The van der Waals surface area contributed by atoms with E-state index in [0.717, 1.165) is 12.8 Å². The topological polar surface area (TPSA) is 36.9 Å². The largest absolute Gasteiger partial charge is 0.499 e. The highest BCUT2D eigenvalue weighted by molar-refractivity contribution is 4.78. The van der Waals surface area contributed by atoms with Crippen LogP contribution in [0, 0.1) is 0 Å². The number of hydrogen-bond acceptors (Lipinski definition) is 4. The van der Waals surface area contributed by atoms with Crippen molar-refractivity contribution in [1.29, 1.82) is 0 Å². The van der Waals surface area contributed by atoms with Crippen molar-refractivity contribution in [3.8, 4) is 0 Å². The average molecular weight is 244 g/mol. The number of hydrogen-bond donors (Lipinski definition) is 0. The van der Waals surface area contributed by atoms with Gasteiger partial charge in [0.25, 0.3) is 0 Å². The molecule has 0 saturated heterocycles. The molecular formula is C13H24O4. The summed E-state index contributed by atoms with van der Waals surface area (Å²) in [7, 11) is 1.65. The highest BCUT2D eigenvalue weighted by Crippen LogP contribution is 1.91. The van der Waals surface area contributed by atoms with E-state index in [1.54, 1.807) is 13.4 Å². The van der Waals surface area contributed by atoms with Crippen LogP contribution in [-0.2, 0) is 18.9 Å². The smallest absolute Gasteiger partial charge is 0.111 e. The summed E-state index contributed by atoms with van der Waals surface area (Å²) in [5, 5.41) is 0. The first-order valence-electron chi connectivity index (χ1n) is 5.93. The Balaban J connectivity index is 2.98. The number of unbranched alkanes of at least 4 members (excludes halogenated alkanes) is 1. The zero-order valence-electron chi connectivity index (χ0n) is 10.7. The van der Waals surface area contributed by atoms with Crippen molar-refractivity contribution in [1.82, 2.24) is 0 Å². The summed E-state index contributed by atoms with van der Waals surface area (Å²) in [4.78, 5) is 0. The minimum absolute atomic E-state index is 0.572. The van der Waals surface area contributed by atoms with Crippen molar-refractivity contribution in [3.63, 3.8) is 0 Å². The summed E-state index contributed by atoms with van der Waals surface area (Å²) in [5.74, 6) is 0. The van der Waals surface area contributed by atoms with Crippen molar-refractivity contribution < 1.29 is 18.9 Å². The van der Waals surface area contributed by atoms with Crippen LogP contribution in [0.2, 0.25) is 0 Å². The fourth-order valence-electron chi connectivity index (χ4n) is 0.989. The van der Waals surface area contributed by atoms with Crippen LogP contribution in [0.4, 0.5) is 0 Å². The Morgan fingerprint density at radius 1 is 0.882 bits per heavy atom. The van der Waals surface area contributed by atoms with E-state index in [4.69, 9.17) is 18.9 Å². The van der Waals surface area contributed by atoms with Gasteiger partial charge in [-0.25, -0.2) is 0 Å². The molecular weight excluding hydrogens is 220 g/mol. The molecule has 0 atom stereocenters. The van der Waals surface area contributed by atoms with Crippen LogP contribution < -0.4 is 0 Å².